The summed E-state index contributed by atoms with van der Waals surface area (Å²) in [6, 6.07) is 3.81. The fraction of sp³-hybridized carbons (Fsp3) is 0.706. The van der Waals surface area contributed by atoms with Crippen molar-refractivity contribution in [2.45, 2.75) is 57.3 Å². The van der Waals surface area contributed by atoms with Crippen LogP contribution in [-0.2, 0) is 16.6 Å². The quantitative estimate of drug-likeness (QED) is 0.331. The number of nitrogens with one attached hydrogen (secondary N) is 2. The molecule has 1 rings (SSSR count). The van der Waals surface area contributed by atoms with Crippen LogP contribution < -0.4 is 10.6 Å². The highest BCUT2D eigenvalue weighted by molar-refractivity contribution is 14.0. The topological polar surface area (TPSA) is 73.8 Å². The molecule has 1 unspecified atom stereocenters. The molecule has 1 heterocycles. The van der Waals surface area contributed by atoms with E-state index in [1.165, 1.54) is 29.7 Å². The van der Waals surface area contributed by atoms with Crippen molar-refractivity contribution in [3.05, 3.63) is 17.0 Å². The zero-order valence-corrected chi connectivity index (χ0v) is 20.8. The minimum absolute atomic E-state index is 0. The van der Waals surface area contributed by atoms with Gasteiger partial charge in [-0.25, -0.2) is 12.7 Å². The van der Waals surface area contributed by atoms with E-state index in [2.05, 4.69) is 43.3 Å². The van der Waals surface area contributed by atoms with Crippen LogP contribution in [0.3, 0.4) is 0 Å². The average Bonchev–Trinajstić information content (AvgIpc) is 2.98. The normalized spacial score (nSPS) is 14.1. The van der Waals surface area contributed by atoms with Crippen LogP contribution in [0.5, 0.6) is 0 Å². The Morgan fingerprint density at radius 1 is 1.31 bits per heavy atom. The van der Waals surface area contributed by atoms with E-state index in [9.17, 15) is 8.42 Å². The SMILES string of the molecule is CN=C(NCc1ccc(S(=O)(=O)N(C)C)s1)NC(C)CCC(C)(C)C.I. The van der Waals surface area contributed by atoms with Crippen LogP contribution in [0.4, 0.5) is 0 Å². The second-order valence-corrected chi connectivity index (χ2v) is 11.1. The molecular weight excluding hydrogens is 483 g/mol. The number of guanidine groups is 1. The van der Waals surface area contributed by atoms with Gasteiger partial charge in [0.1, 0.15) is 4.21 Å². The molecule has 0 radical (unpaired) electrons. The van der Waals surface area contributed by atoms with Crippen molar-refractivity contribution < 1.29 is 8.42 Å². The summed E-state index contributed by atoms with van der Waals surface area (Å²) >= 11 is 1.28. The molecule has 0 spiro atoms. The Balaban J connectivity index is 0.00000625. The molecule has 152 valence electrons. The summed E-state index contributed by atoms with van der Waals surface area (Å²) in [5, 5.41) is 6.63. The van der Waals surface area contributed by atoms with Crippen LogP contribution in [0.15, 0.2) is 21.3 Å². The highest BCUT2D eigenvalue weighted by Gasteiger charge is 2.19. The maximum atomic E-state index is 12.1. The standard InChI is InChI=1S/C17H32N4O2S2.HI/c1-13(10-11-17(2,3)4)20-16(18-5)19-12-14-8-9-15(24-14)25(22,23)21(6)7;/h8-9,13H,10-12H2,1-7H3,(H2,18,19,20);1H. The lowest BCUT2D eigenvalue weighted by atomic mass is 9.89. The van der Waals surface area contributed by atoms with Gasteiger partial charge in [-0.05, 0) is 37.3 Å². The van der Waals surface area contributed by atoms with E-state index in [1.807, 2.05) is 6.07 Å². The second kappa shape index (κ2) is 10.8. The third-order valence-electron chi connectivity index (χ3n) is 3.74. The molecule has 0 saturated heterocycles. The molecule has 26 heavy (non-hydrogen) atoms. The molecule has 0 aliphatic carbocycles. The highest BCUT2D eigenvalue weighted by atomic mass is 127. The van der Waals surface area contributed by atoms with Gasteiger partial charge >= 0.3 is 0 Å². The Morgan fingerprint density at radius 2 is 1.92 bits per heavy atom. The summed E-state index contributed by atoms with van der Waals surface area (Å²) in [5.74, 6) is 0.729. The lowest BCUT2D eigenvalue weighted by Crippen LogP contribution is -2.42. The molecule has 0 saturated carbocycles. The van der Waals surface area contributed by atoms with E-state index >= 15 is 0 Å². The smallest absolute Gasteiger partial charge is 0.252 e. The van der Waals surface area contributed by atoms with Gasteiger partial charge in [-0.15, -0.1) is 35.3 Å². The van der Waals surface area contributed by atoms with Gasteiger partial charge < -0.3 is 10.6 Å². The van der Waals surface area contributed by atoms with E-state index in [4.69, 9.17) is 0 Å². The Bertz CT molecular complexity index is 679. The third-order valence-corrected chi connectivity index (χ3v) is 7.10. The van der Waals surface area contributed by atoms with E-state index in [0.717, 1.165) is 23.7 Å². The van der Waals surface area contributed by atoms with Crippen LogP contribution in [0.2, 0.25) is 0 Å². The molecule has 6 nitrogen and oxygen atoms in total. The molecule has 1 aromatic rings. The molecular formula is C17H33IN4O2S2. The number of hydrogen-bond donors (Lipinski definition) is 2. The molecule has 1 atom stereocenters. The van der Waals surface area contributed by atoms with Gasteiger partial charge in [0.15, 0.2) is 5.96 Å². The molecule has 0 aliphatic heterocycles. The van der Waals surface area contributed by atoms with Crippen LogP contribution in [0.25, 0.3) is 0 Å². The molecule has 0 aliphatic rings. The number of thiophene rings is 1. The Morgan fingerprint density at radius 3 is 2.42 bits per heavy atom. The molecule has 0 fully saturated rings. The molecule has 2 N–H and O–H groups in total. The monoisotopic (exact) mass is 516 g/mol. The van der Waals surface area contributed by atoms with Crippen molar-refractivity contribution in [2.24, 2.45) is 10.4 Å². The van der Waals surface area contributed by atoms with Crippen LogP contribution in [0.1, 0.15) is 45.4 Å². The van der Waals surface area contributed by atoms with Gasteiger partial charge in [0, 0.05) is 32.1 Å². The number of aliphatic imine (C=N–C) groups is 1. The Kier molecular flexibility index (Phi) is 10.7. The first kappa shape index (κ1) is 25.6. The number of sulfonamides is 1. The van der Waals surface area contributed by atoms with Crippen LogP contribution >= 0.6 is 35.3 Å². The number of hydrogen-bond acceptors (Lipinski definition) is 4. The van der Waals surface area contributed by atoms with Crippen molar-refractivity contribution in [3.8, 4) is 0 Å². The fourth-order valence-electron chi connectivity index (χ4n) is 2.09. The first-order valence-corrected chi connectivity index (χ1v) is 10.7. The van der Waals surface area contributed by atoms with E-state index < -0.39 is 10.0 Å². The van der Waals surface area contributed by atoms with E-state index in [0.29, 0.717) is 22.2 Å². The van der Waals surface area contributed by atoms with Gasteiger partial charge in [-0.3, -0.25) is 4.99 Å². The summed E-state index contributed by atoms with van der Waals surface area (Å²) in [4.78, 5) is 5.19. The first-order chi connectivity index (χ1) is 11.5. The van der Waals surface area contributed by atoms with Gasteiger partial charge in [-0.2, -0.15) is 0 Å². The van der Waals surface area contributed by atoms with Crippen molar-refractivity contribution in [1.29, 1.82) is 0 Å². The number of nitrogens with zero attached hydrogens (tertiary/aromatic N) is 2. The average molecular weight is 517 g/mol. The van der Waals surface area contributed by atoms with E-state index in [-0.39, 0.29) is 24.0 Å². The first-order valence-electron chi connectivity index (χ1n) is 8.44. The highest BCUT2D eigenvalue weighted by Crippen LogP contribution is 2.23. The molecule has 1 aromatic heterocycles. The lowest BCUT2D eigenvalue weighted by Gasteiger charge is -2.23. The number of rotatable bonds is 7. The largest absolute Gasteiger partial charge is 0.354 e. The minimum Gasteiger partial charge on any atom is -0.354 e. The molecule has 0 bridgehead atoms. The molecule has 0 amide bonds. The van der Waals surface area contributed by atoms with Crippen LogP contribution in [0, 0.1) is 5.41 Å². The van der Waals surface area contributed by atoms with Crippen molar-refractivity contribution in [3.63, 3.8) is 0 Å². The summed E-state index contributed by atoms with van der Waals surface area (Å²) < 4.78 is 25.8. The van der Waals surface area contributed by atoms with Crippen molar-refractivity contribution >= 4 is 51.3 Å². The third kappa shape index (κ3) is 8.53. The Labute approximate surface area is 179 Å². The molecule has 0 aromatic carbocycles. The van der Waals surface area contributed by atoms with Gasteiger partial charge in [-0.1, -0.05) is 20.8 Å². The number of halogens is 1. The summed E-state index contributed by atoms with van der Waals surface area (Å²) in [7, 11) is 1.45. The van der Waals surface area contributed by atoms with Crippen LogP contribution in [-0.4, -0.2) is 45.9 Å². The second-order valence-electron chi connectivity index (χ2n) is 7.58. The lowest BCUT2D eigenvalue weighted by molar-refractivity contribution is 0.346. The van der Waals surface area contributed by atoms with E-state index in [1.54, 1.807) is 13.1 Å². The van der Waals surface area contributed by atoms with Gasteiger partial charge in [0.2, 0.25) is 0 Å². The molecule has 9 heteroatoms. The predicted molar refractivity (Wildman–Crippen MR) is 122 cm³/mol. The van der Waals surface area contributed by atoms with Crippen molar-refractivity contribution in [1.82, 2.24) is 14.9 Å². The maximum absolute atomic E-state index is 12.1. The summed E-state index contributed by atoms with van der Waals surface area (Å²) in [6.07, 6.45) is 2.20. The minimum atomic E-state index is -3.36. The predicted octanol–water partition coefficient (Wildman–Crippen LogP) is 3.50. The zero-order valence-electron chi connectivity index (χ0n) is 16.8. The zero-order chi connectivity index (χ0) is 19.3. The fourth-order valence-corrected chi connectivity index (χ4v) is 4.56. The summed E-state index contributed by atoms with van der Waals surface area (Å²) in [6.45, 7) is 9.40. The maximum Gasteiger partial charge on any atom is 0.252 e. The van der Waals surface area contributed by atoms with Gasteiger partial charge in [0.05, 0.1) is 6.54 Å². The summed E-state index contributed by atoms with van der Waals surface area (Å²) in [5.41, 5.74) is 0.318. The van der Waals surface area contributed by atoms with Crippen molar-refractivity contribution in [2.75, 3.05) is 21.1 Å². The van der Waals surface area contributed by atoms with Gasteiger partial charge in [0.25, 0.3) is 10.0 Å². The Hall–Kier alpha value is -0.390.